The molecule has 0 spiro atoms. The highest BCUT2D eigenvalue weighted by Gasteiger charge is 2.63. The van der Waals surface area contributed by atoms with Gasteiger partial charge in [0.2, 0.25) is 0 Å². The number of hydrogen-bond donors (Lipinski definition) is 3. The lowest BCUT2D eigenvalue weighted by molar-refractivity contribution is -0.138. The maximum atomic E-state index is 11.0. The highest BCUT2D eigenvalue weighted by Crippen LogP contribution is 2.68. The summed E-state index contributed by atoms with van der Waals surface area (Å²) in [6.45, 7) is 6.93. The second-order valence-electron chi connectivity index (χ2n) is 9.98. The Morgan fingerprint density at radius 3 is 2.50 bits per heavy atom. The second-order valence-corrected chi connectivity index (χ2v) is 9.98. The van der Waals surface area contributed by atoms with Crippen molar-refractivity contribution in [1.29, 1.82) is 5.41 Å². The van der Waals surface area contributed by atoms with Crippen LogP contribution < -0.4 is 5.73 Å². The molecule has 0 aromatic rings. The molecule has 4 aliphatic rings. The molecule has 3 heteroatoms. The average Bonchev–Trinajstić information content (AvgIpc) is 2.77. The highest BCUT2D eigenvalue weighted by atomic mass is 16.3. The number of allylic oxidation sites excluding steroid dienone is 1. The van der Waals surface area contributed by atoms with Crippen LogP contribution >= 0.6 is 0 Å². The molecule has 4 aliphatic carbocycles. The minimum Gasteiger partial charge on any atom is -0.404 e. The van der Waals surface area contributed by atoms with Crippen molar-refractivity contribution in [1.82, 2.24) is 0 Å². The number of rotatable bonds is 0. The van der Waals surface area contributed by atoms with Gasteiger partial charge >= 0.3 is 0 Å². The van der Waals surface area contributed by atoms with Crippen LogP contribution in [-0.4, -0.2) is 16.4 Å². The zero-order valence-electron chi connectivity index (χ0n) is 15.6. The van der Waals surface area contributed by atoms with Gasteiger partial charge in [0.25, 0.3) is 0 Å². The van der Waals surface area contributed by atoms with Crippen molar-refractivity contribution < 1.29 is 5.11 Å². The summed E-state index contributed by atoms with van der Waals surface area (Å²) >= 11 is 0. The number of nitrogens with one attached hydrogen (secondary N) is 1. The van der Waals surface area contributed by atoms with Gasteiger partial charge in [0.15, 0.2) is 0 Å². The van der Waals surface area contributed by atoms with Gasteiger partial charge < -0.3 is 16.2 Å². The Kier molecular flexibility index (Phi) is 3.53. The van der Waals surface area contributed by atoms with Gasteiger partial charge in [-0.1, -0.05) is 13.8 Å². The van der Waals surface area contributed by atoms with E-state index in [1.807, 2.05) is 0 Å². The molecule has 4 fully saturated rings. The summed E-state index contributed by atoms with van der Waals surface area (Å²) in [4.78, 5) is 0. The van der Waals surface area contributed by atoms with E-state index >= 15 is 0 Å². The smallest absolute Gasteiger partial charge is 0.0675 e. The van der Waals surface area contributed by atoms with Crippen LogP contribution in [0.4, 0.5) is 0 Å². The van der Waals surface area contributed by atoms with Crippen molar-refractivity contribution in [2.45, 2.75) is 77.7 Å². The van der Waals surface area contributed by atoms with Crippen LogP contribution in [0.5, 0.6) is 0 Å². The largest absolute Gasteiger partial charge is 0.404 e. The van der Waals surface area contributed by atoms with Crippen molar-refractivity contribution in [2.75, 3.05) is 0 Å². The molecule has 24 heavy (non-hydrogen) atoms. The molecule has 4 rings (SSSR count). The molecule has 134 valence electrons. The van der Waals surface area contributed by atoms with E-state index in [0.29, 0.717) is 17.3 Å². The molecule has 4 N–H and O–H groups in total. The molecule has 7 atom stereocenters. The fourth-order valence-electron chi connectivity index (χ4n) is 7.44. The molecule has 0 aromatic heterocycles. The molecule has 6 unspecified atom stereocenters. The van der Waals surface area contributed by atoms with Crippen LogP contribution in [0.25, 0.3) is 0 Å². The van der Waals surface area contributed by atoms with Gasteiger partial charge in [0.1, 0.15) is 0 Å². The third-order valence-electron chi connectivity index (χ3n) is 9.24. The Labute approximate surface area is 146 Å². The lowest BCUT2D eigenvalue weighted by Gasteiger charge is -2.61. The van der Waals surface area contributed by atoms with Crippen LogP contribution in [0, 0.1) is 39.9 Å². The quantitative estimate of drug-likeness (QED) is 0.621. The zero-order chi connectivity index (χ0) is 17.3. The van der Waals surface area contributed by atoms with Gasteiger partial charge in [-0.15, -0.1) is 0 Å². The first kappa shape index (κ1) is 16.6. The third-order valence-corrected chi connectivity index (χ3v) is 9.24. The van der Waals surface area contributed by atoms with E-state index in [1.54, 1.807) is 6.20 Å². The lowest BCUT2D eigenvalue weighted by atomic mass is 9.44. The molecular weight excluding hydrogens is 296 g/mol. The summed E-state index contributed by atoms with van der Waals surface area (Å²) in [5.74, 6) is 2.83. The Bertz CT molecular complexity index is 595. The number of fused-ring (bicyclic) bond motifs is 5. The molecule has 3 nitrogen and oxygen atoms in total. The van der Waals surface area contributed by atoms with E-state index < -0.39 is 5.60 Å². The van der Waals surface area contributed by atoms with Gasteiger partial charge in [-0.25, -0.2) is 0 Å². The summed E-state index contributed by atoms with van der Waals surface area (Å²) in [5.41, 5.74) is 7.63. The molecule has 0 saturated heterocycles. The standard InChI is InChI=1S/C21H34N2O/c1-19-11-13(12-22)18(23)10-14(19)4-5-15-16(19)6-8-20(2)17(15)7-9-21(20,3)24/h12,14-17,23-24H,4-11,22H2,1-3H3/b13-12-,23-18?/t14?,15?,16?,17?,19?,20?,21-/m0/s1. The number of hydrogen-bond acceptors (Lipinski definition) is 3. The van der Waals surface area contributed by atoms with Gasteiger partial charge in [0, 0.05) is 5.71 Å². The van der Waals surface area contributed by atoms with Crippen molar-refractivity contribution in [3.63, 3.8) is 0 Å². The second kappa shape index (κ2) is 5.09. The van der Waals surface area contributed by atoms with Crippen LogP contribution in [0.3, 0.4) is 0 Å². The van der Waals surface area contributed by atoms with Crippen LogP contribution in [0.1, 0.15) is 72.1 Å². The van der Waals surface area contributed by atoms with Gasteiger partial charge in [-0.3, -0.25) is 0 Å². The van der Waals surface area contributed by atoms with Crippen molar-refractivity contribution in [3.05, 3.63) is 11.8 Å². The Hall–Kier alpha value is -0.830. The SMILES string of the molecule is CC12C/C(=C/N)C(=N)CC1CCC1C2CCC2(C)C1CC[C@]2(C)O. The van der Waals surface area contributed by atoms with Gasteiger partial charge in [-0.05, 0) is 105 Å². The van der Waals surface area contributed by atoms with Gasteiger partial charge in [0.05, 0.1) is 5.60 Å². The maximum Gasteiger partial charge on any atom is 0.0675 e. The fraction of sp³-hybridized carbons (Fsp3) is 0.857. The van der Waals surface area contributed by atoms with E-state index in [-0.39, 0.29) is 5.41 Å². The summed E-state index contributed by atoms with van der Waals surface area (Å²) < 4.78 is 0. The van der Waals surface area contributed by atoms with E-state index in [4.69, 9.17) is 11.1 Å². The summed E-state index contributed by atoms with van der Waals surface area (Å²) in [6.07, 6.45) is 10.7. The van der Waals surface area contributed by atoms with E-state index in [9.17, 15) is 5.11 Å². The van der Waals surface area contributed by atoms with Gasteiger partial charge in [-0.2, -0.15) is 0 Å². The van der Waals surface area contributed by atoms with Crippen molar-refractivity contribution >= 4 is 5.71 Å². The molecule has 0 radical (unpaired) electrons. The van der Waals surface area contributed by atoms with Crippen LogP contribution in [0.2, 0.25) is 0 Å². The van der Waals surface area contributed by atoms with E-state index in [1.165, 1.54) is 25.7 Å². The molecule has 0 aliphatic heterocycles. The molecule has 0 amide bonds. The average molecular weight is 331 g/mol. The Morgan fingerprint density at radius 2 is 1.79 bits per heavy atom. The zero-order valence-corrected chi connectivity index (χ0v) is 15.6. The number of nitrogens with two attached hydrogens (primary N) is 1. The minimum atomic E-state index is -0.489. The summed E-state index contributed by atoms with van der Waals surface area (Å²) in [6, 6.07) is 0. The Morgan fingerprint density at radius 1 is 1.08 bits per heavy atom. The van der Waals surface area contributed by atoms with Crippen molar-refractivity contribution in [3.8, 4) is 0 Å². The predicted molar refractivity (Wildman–Crippen MR) is 97.7 cm³/mol. The highest BCUT2D eigenvalue weighted by molar-refractivity contribution is 5.98. The monoisotopic (exact) mass is 330 g/mol. The van der Waals surface area contributed by atoms with E-state index in [0.717, 1.165) is 48.8 Å². The topological polar surface area (TPSA) is 70.1 Å². The Balaban J connectivity index is 1.67. The normalized spacial score (nSPS) is 55.8. The molecule has 0 aromatic carbocycles. The summed E-state index contributed by atoms with van der Waals surface area (Å²) in [5, 5.41) is 19.3. The van der Waals surface area contributed by atoms with E-state index in [2.05, 4.69) is 20.8 Å². The molecule has 0 heterocycles. The number of aliphatic hydroxyl groups is 1. The molecule has 4 saturated carbocycles. The molecular formula is C21H34N2O. The fourth-order valence-corrected chi connectivity index (χ4v) is 7.44. The van der Waals surface area contributed by atoms with Crippen LogP contribution in [-0.2, 0) is 0 Å². The first-order valence-electron chi connectivity index (χ1n) is 9.94. The minimum absolute atomic E-state index is 0.102. The first-order valence-corrected chi connectivity index (χ1v) is 9.94. The third kappa shape index (κ3) is 1.97. The van der Waals surface area contributed by atoms with Crippen LogP contribution in [0.15, 0.2) is 11.8 Å². The van der Waals surface area contributed by atoms with Crippen molar-refractivity contribution in [2.24, 2.45) is 40.2 Å². The predicted octanol–water partition coefficient (Wildman–Crippen LogP) is 4.25. The summed E-state index contributed by atoms with van der Waals surface area (Å²) in [7, 11) is 0. The molecule has 0 bridgehead atoms. The first-order chi connectivity index (χ1) is 11.2. The lowest BCUT2D eigenvalue weighted by Crippen LogP contribution is -2.56. The maximum absolute atomic E-state index is 11.0.